The Labute approximate surface area is 37.1 Å². The van der Waals surface area contributed by atoms with Crippen molar-refractivity contribution in [1.82, 2.24) is 0 Å². The van der Waals surface area contributed by atoms with Crippen LogP contribution in [0.3, 0.4) is 0 Å². The summed E-state index contributed by atoms with van der Waals surface area (Å²) in [7, 11) is -2.08. The molecule has 4 heteroatoms. The minimum Gasteiger partial charge on any atom is -0.346 e. The molecule has 0 radical (unpaired) electrons. The molecule has 0 amide bonds. The third-order valence-corrected chi connectivity index (χ3v) is 0.900. The van der Waals surface area contributed by atoms with E-state index >= 15 is 0 Å². The lowest BCUT2D eigenvalue weighted by molar-refractivity contribution is 0.499. The fraction of sp³-hybridized carbons (Fsp3) is 0.500. The van der Waals surface area contributed by atoms with Gasteiger partial charge in [0.2, 0.25) is 8.38 Å². The van der Waals surface area contributed by atoms with Crippen LogP contribution >= 0.6 is 8.38 Å². The lowest BCUT2D eigenvalue weighted by Crippen LogP contribution is -1.80. The first-order valence-electron chi connectivity index (χ1n) is 1.37. The van der Waals surface area contributed by atoms with E-state index in [2.05, 4.69) is 0 Å². The molecular formula is C2H6NO2P. The van der Waals surface area contributed by atoms with Gasteiger partial charge in [0, 0.05) is 0 Å². The topological polar surface area (TPSA) is 64.3 Å². The Bertz CT molecular complexity index is 62.6. The van der Waals surface area contributed by atoms with Crippen molar-refractivity contribution >= 4 is 13.8 Å². The Morgan fingerprint density at radius 1 is 1.67 bits per heavy atom. The second kappa shape index (κ2) is 2.24. The fourth-order valence-electron chi connectivity index (χ4n) is 0. The summed E-state index contributed by atoms with van der Waals surface area (Å²) in [5.41, 5.74) is -0.0648. The van der Waals surface area contributed by atoms with E-state index in [9.17, 15) is 0 Å². The van der Waals surface area contributed by atoms with E-state index in [1.807, 2.05) is 0 Å². The Morgan fingerprint density at radius 2 is 1.83 bits per heavy atom. The zero-order chi connectivity index (χ0) is 5.15. The van der Waals surface area contributed by atoms with Gasteiger partial charge >= 0.3 is 0 Å². The van der Waals surface area contributed by atoms with Crippen molar-refractivity contribution in [3.05, 3.63) is 0 Å². The van der Waals surface area contributed by atoms with Crippen molar-refractivity contribution in [2.75, 3.05) is 0 Å². The number of rotatable bonds is 1. The lowest BCUT2D eigenvalue weighted by atomic mass is 10.9. The molecule has 0 aliphatic rings. The molecule has 0 spiro atoms. The van der Waals surface area contributed by atoms with Crippen LogP contribution in [0.5, 0.6) is 0 Å². The van der Waals surface area contributed by atoms with Gasteiger partial charge in [0.05, 0.1) is 5.45 Å². The van der Waals surface area contributed by atoms with E-state index < -0.39 is 8.38 Å². The van der Waals surface area contributed by atoms with Gasteiger partial charge in [-0.25, -0.2) is 0 Å². The molecule has 0 aliphatic carbocycles. The Morgan fingerprint density at radius 3 is 1.83 bits per heavy atom. The Hall–Kier alpha value is 0.0200. The predicted molar refractivity (Wildman–Crippen MR) is 24.8 cm³/mol. The summed E-state index contributed by atoms with van der Waals surface area (Å²) in [5, 5.41) is 6.48. The third kappa shape index (κ3) is 2.27. The van der Waals surface area contributed by atoms with E-state index in [1.54, 1.807) is 0 Å². The molecule has 3 N–H and O–H groups in total. The molecule has 0 saturated heterocycles. The van der Waals surface area contributed by atoms with E-state index in [1.165, 1.54) is 6.92 Å². The monoisotopic (exact) mass is 107 g/mol. The van der Waals surface area contributed by atoms with Crippen molar-refractivity contribution in [1.29, 1.82) is 5.41 Å². The molecule has 0 saturated carbocycles. The molecule has 0 aromatic rings. The van der Waals surface area contributed by atoms with Crippen LogP contribution in [0.1, 0.15) is 6.92 Å². The van der Waals surface area contributed by atoms with E-state index in [0.29, 0.717) is 0 Å². The normalized spacial score (nSPS) is 9.33. The molecule has 0 heterocycles. The van der Waals surface area contributed by atoms with Crippen molar-refractivity contribution in [2.24, 2.45) is 0 Å². The minimum atomic E-state index is -2.08. The van der Waals surface area contributed by atoms with Gasteiger partial charge in [0.15, 0.2) is 0 Å². The van der Waals surface area contributed by atoms with Crippen LogP contribution in [0.2, 0.25) is 0 Å². The average Bonchev–Trinajstić information content (AvgIpc) is 1.36. The average molecular weight is 107 g/mol. The van der Waals surface area contributed by atoms with Gasteiger partial charge in [-0.15, -0.1) is 0 Å². The summed E-state index contributed by atoms with van der Waals surface area (Å²) in [4.78, 5) is 16.1. The molecule has 0 unspecified atom stereocenters. The van der Waals surface area contributed by atoms with Crippen molar-refractivity contribution < 1.29 is 9.79 Å². The third-order valence-electron chi connectivity index (χ3n) is 0.300. The summed E-state index contributed by atoms with van der Waals surface area (Å²) in [6.45, 7) is 1.35. The van der Waals surface area contributed by atoms with Gasteiger partial charge in [-0.05, 0) is 6.92 Å². The lowest BCUT2D eigenvalue weighted by Gasteiger charge is -1.92. The van der Waals surface area contributed by atoms with Crippen LogP contribution in [0.4, 0.5) is 0 Å². The fourth-order valence-corrected chi connectivity index (χ4v) is 0. The van der Waals surface area contributed by atoms with Gasteiger partial charge in [-0.3, -0.25) is 0 Å². The maximum atomic E-state index is 8.03. The molecule has 0 fully saturated rings. The maximum absolute atomic E-state index is 8.03. The standard InChI is InChI=1S/C2H6NO2P/c1-2(3)6(4)5/h3-5H,1H3. The molecule has 3 nitrogen and oxygen atoms in total. The first kappa shape index (κ1) is 6.02. The highest BCUT2D eigenvalue weighted by molar-refractivity contribution is 7.64. The van der Waals surface area contributed by atoms with Gasteiger partial charge in [0.1, 0.15) is 0 Å². The van der Waals surface area contributed by atoms with Gasteiger partial charge < -0.3 is 15.2 Å². The van der Waals surface area contributed by atoms with Gasteiger partial charge in [-0.1, -0.05) is 0 Å². The number of hydrogen-bond acceptors (Lipinski definition) is 3. The molecule has 0 aliphatic heterocycles. The highest BCUT2D eigenvalue weighted by Crippen LogP contribution is 2.22. The smallest absolute Gasteiger partial charge is 0.213 e. The molecule has 0 aromatic carbocycles. The number of hydrogen-bond donors (Lipinski definition) is 3. The summed E-state index contributed by atoms with van der Waals surface area (Å²) < 4.78 is 0. The zero-order valence-electron chi connectivity index (χ0n) is 3.34. The first-order valence-corrected chi connectivity index (χ1v) is 2.62. The van der Waals surface area contributed by atoms with Gasteiger partial charge in [0.25, 0.3) is 0 Å². The predicted octanol–water partition coefficient (Wildman–Crippen LogP) is 0.280. The van der Waals surface area contributed by atoms with Crippen LogP contribution in [0.15, 0.2) is 0 Å². The highest BCUT2D eigenvalue weighted by Gasteiger charge is 1.96. The quantitative estimate of drug-likeness (QED) is 0.333. The summed E-state index contributed by atoms with van der Waals surface area (Å²) in [6.07, 6.45) is 0. The first-order chi connectivity index (χ1) is 2.64. The van der Waals surface area contributed by atoms with E-state index in [4.69, 9.17) is 15.2 Å². The second-order valence-corrected chi connectivity index (χ2v) is 2.12. The van der Waals surface area contributed by atoms with Crippen LogP contribution in [0.25, 0.3) is 0 Å². The molecule has 0 rings (SSSR count). The van der Waals surface area contributed by atoms with Crippen molar-refractivity contribution in [2.45, 2.75) is 6.92 Å². The molecule has 0 atom stereocenters. The zero-order valence-corrected chi connectivity index (χ0v) is 4.24. The minimum absolute atomic E-state index is 0.0648. The van der Waals surface area contributed by atoms with E-state index in [-0.39, 0.29) is 5.45 Å². The Balaban J connectivity index is 3.26. The SMILES string of the molecule is CC(=N)P(O)O. The molecule has 6 heavy (non-hydrogen) atoms. The van der Waals surface area contributed by atoms with E-state index in [0.717, 1.165) is 0 Å². The van der Waals surface area contributed by atoms with Crippen LogP contribution in [0, 0.1) is 5.41 Å². The summed E-state index contributed by atoms with van der Waals surface area (Å²) in [5.74, 6) is 0. The van der Waals surface area contributed by atoms with Gasteiger partial charge in [-0.2, -0.15) is 0 Å². The molecule has 0 bridgehead atoms. The van der Waals surface area contributed by atoms with Crippen molar-refractivity contribution in [3.8, 4) is 0 Å². The maximum Gasteiger partial charge on any atom is 0.213 e. The Kier molecular flexibility index (Phi) is 2.25. The van der Waals surface area contributed by atoms with Crippen LogP contribution < -0.4 is 0 Å². The number of nitrogens with one attached hydrogen (secondary N) is 1. The van der Waals surface area contributed by atoms with Crippen LogP contribution in [-0.4, -0.2) is 15.2 Å². The van der Waals surface area contributed by atoms with Crippen molar-refractivity contribution in [3.63, 3.8) is 0 Å². The largest absolute Gasteiger partial charge is 0.346 e. The highest BCUT2D eigenvalue weighted by atomic mass is 31.2. The molecule has 0 aromatic heterocycles. The summed E-state index contributed by atoms with van der Waals surface area (Å²) >= 11 is 0. The molecular weight excluding hydrogens is 101 g/mol. The second-order valence-electron chi connectivity index (χ2n) is 0.875. The summed E-state index contributed by atoms with van der Waals surface area (Å²) in [6, 6.07) is 0. The van der Waals surface area contributed by atoms with Crippen LogP contribution in [-0.2, 0) is 0 Å². The molecule has 36 valence electrons.